The smallest absolute Gasteiger partial charge is 0.227 e. The van der Waals surface area contributed by atoms with Gasteiger partial charge in [0.05, 0.1) is 0 Å². The molecule has 1 aliphatic rings. The molecule has 138 valence electrons. The van der Waals surface area contributed by atoms with E-state index in [1.807, 2.05) is 37.3 Å². The first kappa shape index (κ1) is 17.7. The molecule has 1 aliphatic carbocycles. The van der Waals surface area contributed by atoms with Crippen molar-refractivity contribution >= 4 is 22.4 Å². The van der Waals surface area contributed by atoms with Crippen LogP contribution < -0.4 is 11.1 Å². The predicted molar refractivity (Wildman–Crippen MR) is 110 cm³/mol. The number of amides is 1. The molecule has 4 N–H and O–H groups in total. The van der Waals surface area contributed by atoms with Crippen LogP contribution in [-0.4, -0.2) is 5.91 Å². The van der Waals surface area contributed by atoms with Crippen molar-refractivity contribution in [3.63, 3.8) is 0 Å². The lowest BCUT2D eigenvalue weighted by molar-refractivity contribution is -0.445. The molecule has 0 radical (unpaired) electrons. The summed E-state index contributed by atoms with van der Waals surface area (Å²) in [6, 6.07) is 24.9. The van der Waals surface area contributed by atoms with E-state index in [9.17, 15) is 4.79 Å². The predicted octanol–water partition coefficient (Wildman–Crippen LogP) is 4.42. The summed E-state index contributed by atoms with van der Waals surface area (Å²) in [6.07, 6.45) is 1.04. The van der Waals surface area contributed by atoms with Crippen molar-refractivity contribution in [1.29, 1.82) is 0 Å². The normalized spacial score (nSPS) is 23.6. The van der Waals surface area contributed by atoms with Gasteiger partial charge in [0.2, 0.25) is 5.91 Å². The number of benzene rings is 3. The summed E-state index contributed by atoms with van der Waals surface area (Å²) in [5, 5.41) is 5.43. The van der Waals surface area contributed by atoms with Crippen LogP contribution in [0.1, 0.15) is 31.9 Å². The number of hydrogen-bond donors (Lipinski definition) is 2. The summed E-state index contributed by atoms with van der Waals surface area (Å²) in [5.74, 6) is 0.425. The van der Waals surface area contributed by atoms with Gasteiger partial charge in [0.25, 0.3) is 0 Å². The highest BCUT2D eigenvalue weighted by Crippen LogP contribution is 2.61. The molecule has 4 atom stereocenters. The quantitative estimate of drug-likeness (QED) is 0.696. The summed E-state index contributed by atoms with van der Waals surface area (Å²) >= 11 is 0. The van der Waals surface area contributed by atoms with E-state index in [-0.39, 0.29) is 23.3 Å². The maximum Gasteiger partial charge on any atom is 0.227 e. The number of quaternary nitrogens is 1. The van der Waals surface area contributed by atoms with Crippen molar-refractivity contribution in [3.05, 3.63) is 78.4 Å². The van der Waals surface area contributed by atoms with Crippen molar-refractivity contribution in [2.45, 2.75) is 26.3 Å². The highest BCUT2D eigenvalue weighted by Gasteiger charge is 2.60. The Balaban J connectivity index is 1.45. The SMILES string of the molecule is C[C@@H](C(=O)Nc1ccc2ccccc2c1)[C@H]1C[C@]1(C)[C@H]([NH3+])c1ccccc1. The molecule has 0 bridgehead atoms. The number of anilines is 1. The second kappa shape index (κ2) is 6.82. The lowest BCUT2D eigenvalue weighted by Gasteiger charge is -2.20. The highest BCUT2D eigenvalue weighted by molar-refractivity contribution is 5.95. The van der Waals surface area contributed by atoms with Gasteiger partial charge in [0.1, 0.15) is 6.04 Å². The minimum absolute atomic E-state index is 0.0329. The molecule has 0 saturated heterocycles. The van der Waals surface area contributed by atoms with Gasteiger partial charge >= 0.3 is 0 Å². The second-order valence-corrected chi connectivity index (χ2v) is 8.12. The van der Waals surface area contributed by atoms with Gasteiger partial charge in [-0.25, -0.2) is 0 Å². The maximum atomic E-state index is 12.8. The Morgan fingerprint density at radius 1 is 1.04 bits per heavy atom. The van der Waals surface area contributed by atoms with E-state index in [0.29, 0.717) is 5.92 Å². The molecule has 4 rings (SSSR count). The molecular weight excluding hydrogens is 332 g/mol. The molecule has 3 heteroatoms. The van der Waals surface area contributed by atoms with Gasteiger partial charge in [0, 0.05) is 22.6 Å². The lowest BCUT2D eigenvalue weighted by Crippen LogP contribution is -2.57. The van der Waals surface area contributed by atoms with Crippen LogP contribution in [0.5, 0.6) is 0 Å². The Hall–Kier alpha value is -2.65. The van der Waals surface area contributed by atoms with E-state index in [2.05, 4.69) is 60.4 Å². The molecule has 0 aromatic heterocycles. The minimum atomic E-state index is -0.0329. The number of carbonyl (C=O) groups excluding carboxylic acids is 1. The van der Waals surface area contributed by atoms with Crippen LogP contribution in [0.25, 0.3) is 10.8 Å². The Bertz CT molecular complexity index is 968. The van der Waals surface area contributed by atoms with E-state index in [1.54, 1.807) is 0 Å². The van der Waals surface area contributed by atoms with Crippen LogP contribution >= 0.6 is 0 Å². The van der Waals surface area contributed by atoms with E-state index in [4.69, 9.17) is 0 Å². The van der Waals surface area contributed by atoms with E-state index in [1.165, 1.54) is 10.9 Å². The number of nitrogens with one attached hydrogen (secondary N) is 1. The van der Waals surface area contributed by atoms with Crippen molar-refractivity contribution in [3.8, 4) is 0 Å². The van der Waals surface area contributed by atoms with Gasteiger partial charge in [-0.05, 0) is 35.2 Å². The van der Waals surface area contributed by atoms with Gasteiger partial charge < -0.3 is 11.1 Å². The lowest BCUT2D eigenvalue weighted by atomic mass is 9.87. The summed E-state index contributed by atoms with van der Waals surface area (Å²) < 4.78 is 0. The van der Waals surface area contributed by atoms with Crippen LogP contribution in [0.15, 0.2) is 72.8 Å². The number of carbonyl (C=O) groups is 1. The molecule has 0 unspecified atom stereocenters. The molecular formula is C24H27N2O+. The molecule has 3 aromatic rings. The van der Waals surface area contributed by atoms with Crippen LogP contribution in [0.2, 0.25) is 0 Å². The van der Waals surface area contributed by atoms with Gasteiger partial charge in [-0.1, -0.05) is 74.5 Å². The Labute approximate surface area is 160 Å². The zero-order chi connectivity index (χ0) is 19.0. The maximum absolute atomic E-state index is 12.8. The topological polar surface area (TPSA) is 56.7 Å². The zero-order valence-corrected chi connectivity index (χ0v) is 16.0. The zero-order valence-electron chi connectivity index (χ0n) is 16.0. The van der Waals surface area contributed by atoms with Gasteiger partial charge in [-0.15, -0.1) is 0 Å². The third kappa shape index (κ3) is 3.35. The summed E-state index contributed by atoms with van der Waals surface area (Å²) in [7, 11) is 0. The summed E-state index contributed by atoms with van der Waals surface area (Å²) in [4.78, 5) is 12.8. The number of fused-ring (bicyclic) bond motifs is 1. The number of hydrogen-bond acceptors (Lipinski definition) is 1. The monoisotopic (exact) mass is 359 g/mol. The van der Waals surface area contributed by atoms with Gasteiger partial charge in [0.15, 0.2) is 0 Å². The van der Waals surface area contributed by atoms with Crippen molar-refractivity contribution < 1.29 is 10.5 Å². The molecule has 1 saturated carbocycles. The largest absolute Gasteiger partial charge is 0.351 e. The van der Waals surface area contributed by atoms with Gasteiger partial charge in [-0.2, -0.15) is 0 Å². The Morgan fingerprint density at radius 2 is 1.70 bits per heavy atom. The molecule has 27 heavy (non-hydrogen) atoms. The van der Waals surface area contributed by atoms with Crippen LogP contribution in [0.3, 0.4) is 0 Å². The standard InChI is InChI=1S/C24H26N2O/c1-16(21-15-24(21,2)22(25)18-9-4-3-5-10-18)23(27)26-20-13-12-17-8-6-7-11-19(17)14-20/h3-14,16,21-22H,15,25H2,1-2H3,(H,26,27)/p+1/t16-,21-,22-,24+/m1/s1. The fourth-order valence-corrected chi connectivity index (χ4v) is 4.34. The molecule has 1 amide bonds. The molecule has 3 nitrogen and oxygen atoms in total. The van der Waals surface area contributed by atoms with Crippen molar-refractivity contribution in [2.24, 2.45) is 17.3 Å². The molecule has 3 aromatic carbocycles. The molecule has 1 fully saturated rings. The summed E-state index contributed by atoms with van der Waals surface area (Å²) in [5.41, 5.74) is 6.62. The second-order valence-electron chi connectivity index (χ2n) is 8.12. The average molecular weight is 359 g/mol. The molecule has 0 aliphatic heterocycles. The minimum Gasteiger partial charge on any atom is -0.351 e. The van der Waals surface area contributed by atoms with E-state index < -0.39 is 0 Å². The third-order valence-electron chi connectivity index (χ3n) is 6.38. The highest BCUT2D eigenvalue weighted by atomic mass is 16.1. The van der Waals surface area contributed by atoms with Crippen LogP contribution in [0, 0.1) is 17.3 Å². The third-order valence-corrected chi connectivity index (χ3v) is 6.38. The van der Waals surface area contributed by atoms with Crippen molar-refractivity contribution in [2.75, 3.05) is 5.32 Å². The first-order chi connectivity index (χ1) is 13.0. The van der Waals surface area contributed by atoms with Crippen molar-refractivity contribution in [1.82, 2.24) is 0 Å². The van der Waals surface area contributed by atoms with Crippen LogP contribution in [-0.2, 0) is 4.79 Å². The first-order valence-electron chi connectivity index (χ1n) is 9.67. The average Bonchev–Trinajstić information content (AvgIpc) is 3.40. The summed E-state index contributed by atoms with van der Waals surface area (Å²) in [6.45, 7) is 4.31. The molecule has 0 spiro atoms. The van der Waals surface area contributed by atoms with E-state index in [0.717, 1.165) is 17.5 Å². The first-order valence-corrected chi connectivity index (χ1v) is 9.67. The van der Waals surface area contributed by atoms with E-state index >= 15 is 0 Å². The Kier molecular flexibility index (Phi) is 4.48. The van der Waals surface area contributed by atoms with Crippen LogP contribution in [0.4, 0.5) is 5.69 Å². The fraction of sp³-hybridized carbons (Fsp3) is 0.292. The number of rotatable bonds is 5. The molecule has 0 heterocycles. The van der Waals surface area contributed by atoms with Gasteiger partial charge in [-0.3, -0.25) is 4.79 Å². The fourth-order valence-electron chi connectivity index (χ4n) is 4.34. The Morgan fingerprint density at radius 3 is 2.44 bits per heavy atom.